The van der Waals surface area contributed by atoms with Gasteiger partial charge in [-0.15, -0.1) is 0 Å². The maximum absolute atomic E-state index is 3.19. The molecule has 1 rings (SSSR count). The van der Waals surface area contributed by atoms with Crippen LogP contribution in [-0.4, -0.2) is 6.54 Å². The van der Waals surface area contributed by atoms with Crippen LogP contribution in [-0.2, 0) is 0 Å². The summed E-state index contributed by atoms with van der Waals surface area (Å²) in [5.74, 6) is 0. The highest BCUT2D eigenvalue weighted by molar-refractivity contribution is 5.03. The molecule has 7 heavy (non-hydrogen) atoms. The Bertz CT molecular complexity index is 84.2. The highest BCUT2D eigenvalue weighted by Crippen LogP contribution is 1.99. The lowest BCUT2D eigenvalue weighted by Crippen LogP contribution is -2.16. The molecule has 39 valence electrons. The van der Waals surface area contributed by atoms with Gasteiger partial charge in [0, 0.05) is 12.2 Å². The molecule has 0 unspecified atom stereocenters. The third-order valence-electron chi connectivity index (χ3n) is 1.12. The van der Waals surface area contributed by atoms with Crippen molar-refractivity contribution in [2.45, 2.75) is 13.3 Å². The first-order chi connectivity index (χ1) is 3.39. The molecular formula is C6H10N. The van der Waals surface area contributed by atoms with Crippen molar-refractivity contribution in [3.63, 3.8) is 0 Å². The second-order valence-corrected chi connectivity index (χ2v) is 1.79. The van der Waals surface area contributed by atoms with E-state index in [-0.39, 0.29) is 0 Å². The summed E-state index contributed by atoms with van der Waals surface area (Å²) < 4.78 is 0. The van der Waals surface area contributed by atoms with Crippen LogP contribution in [0.5, 0.6) is 0 Å². The van der Waals surface area contributed by atoms with Crippen LogP contribution in [0, 0.1) is 6.42 Å². The van der Waals surface area contributed by atoms with Crippen LogP contribution in [0.4, 0.5) is 0 Å². The molecule has 0 aromatic carbocycles. The van der Waals surface area contributed by atoms with E-state index in [0.29, 0.717) is 0 Å². The Kier molecular flexibility index (Phi) is 1.35. The van der Waals surface area contributed by atoms with Gasteiger partial charge < -0.3 is 5.32 Å². The Hall–Kier alpha value is -0.460. The third-order valence-corrected chi connectivity index (χ3v) is 1.12. The zero-order chi connectivity index (χ0) is 5.11. The van der Waals surface area contributed by atoms with E-state index >= 15 is 0 Å². The Labute approximate surface area is 44.4 Å². The summed E-state index contributed by atoms with van der Waals surface area (Å²) in [4.78, 5) is 0. The van der Waals surface area contributed by atoms with Crippen molar-refractivity contribution in [1.29, 1.82) is 0 Å². The van der Waals surface area contributed by atoms with Crippen LogP contribution in [0.2, 0.25) is 0 Å². The van der Waals surface area contributed by atoms with Gasteiger partial charge in [-0.3, -0.25) is 0 Å². The molecule has 0 bridgehead atoms. The normalized spacial score (nSPS) is 20.4. The van der Waals surface area contributed by atoms with Gasteiger partial charge in [-0.1, -0.05) is 6.08 Å². The van der Waals surface area contributed by atoms with Crippen molar-refractivity contribution in [2.75, 3.05) is 6.54 Å². The zero-order valence-electron chi connectivity index (χ0n) is 4.57. The van der Waals surface area contributed by atoms with Crippen LogP contribution in [0.1, 0.15) is 13.3 Å². The predicted octanol–water partition coefficient (Wildman–Crippen LogP) is 1.09. The predicted molar refractivity (Wildman–Crippen MR) is 30.7 cm³/mol. The van der Waals surface area contributed by atoms with E-state index < -0.39 is 0 Å². The maximum Gasteiger partial charge on any atom is 0.0178 e. The first kappa shape index (κ1) is 4.69. The van der Waals surface area contributed by atoms with Crippen LogP contribution >= 0.6 is 0 Å². The smallest absolute Gasteiger partial charge is 0.0178 e. The number of hydrogen-bond donors (Lipinski definition) is 1. The summed E-state index contributed by atoms with van der Waals surface area (Å²) in [5, 5.41) is 3.19. The molecule has 1 aliphatic rings. The topological polar surface area (TPSA) is 12.0 Å². The van der Waals surface area contributed by atoms with Crippen LogP contribution in [0.15, 0.2) is 11.8 Å². The minimum Gasteiger partial charge on any atom is -0.389 e. The van der Waals surface area contributed by atoms with E-state index in [1.54, 1.807) is 0 Å². The summed E-state index contributed by atoms with van der Waals surface area (Å²) >= 11 is 0. The second-order valence-electron chi connectivity index (χ2n) is 1.79. The summed E-state index contributed by atoms with van der Waals surface area (Å²) in [6, 6.07) is 0. The highest BCUT2D eigenvalue weighted by Gasteiger charge is 1.93. The fourth-order valence-electron chi connectivity index (χ4n) is 0.649. The largest absolute Gasteiger partial charge is 0.389 e. The molecule has 1 radical (unpaired) electrons. The quantitative estimate of drug-likeness (QED) is 0.476. The molecule has 1 aliphatic heterocycles. The molecule has 0 saturated carbocycles. The third kappa shape index (κ3) is 1.22. The van der Waals surface area contributed by atoms with Gasteiger partial charge in [0.2, 0.25) is 0 Å². The van der Waals surface area contributed by atoms with Crippen molar-refractivity contribution in [2.24, 2.45) is 0 Å². The van der Waals surface area contributed by atoms with Crippen molar-refractivity contribution < 1.29 is 0 Å². The number of nitrogens with one attached hydrogen (secondary N) is 1. The first-order valence-electron chi connectivity index (χ1n) is 2.62. The fourth-order valence-corrected chi connectivity index (χ4v) is 0.649. The van der Waals surface area contributed by atoms with Gasteiger partial charge in [0.05, 0.1) is 0 Å². The lowest BCUT2D eigenvalue weighted by atomic mass is 10.2. The standard InChI is InChI=1S/C6H10N/c1-6-4-2-3-5-7-6/h3-4,7H,2,5H2,1H3. The average molecular weight is 96.2 g/mol. The SMILES string of the molecule is CC1=CC[CH]CN1. The van der Waals surface area contributed by atoms with Gasteiger partial charge in [0.15, 0.2) is 0 Å². The van der Waals surface area contributed by atoms with Gasteiger partial charge in [-0.05, 0) is 19.8 Å². The number of hydrogen-bond acceptors (Lipinski definition) is 1. The monoisotopic (exact) mass is 96.1 g/mol. The molecular weight excluding hydrogens is 86.1 g/mol. The Morgan fingerprint density at radius 2 is 2.57 bits per heavy atom. The molecule has 1 N–H and O–H groups in total. The molecule has 0 spiro atoms. The highest BCUT2D eigenvalue weighted by atomic mass is 14.9. The summed E-state index contributed by atoms with van der Waals surface area (Å²) in [6.07, 6.45) is 5.54. The molecule has 0 aromatic rings. The molecule has 1 heteroatoms. The molecule has 0 amide bonds. The van der Waals surface area contributed by atoms with Crippen LogP contribution in [0.3, 0.4) is 0 Å². The number of rotatable bonds is 0. The van der Waals surface area contributed by atoms with Crippen LogP contribution in [0.25, 0.3) is 0 Å². The minimum absolute atomic E-state index is 1.04. The second kappa shape index (κ2) is 2.01. The molecule has 0 atom stereocenters. The molecule has 1 heterocycles. The Morgan fingerprint density at radius 1 is 1.71 bits per heavy atom. The van der Waals surface area contributed by atoms with Gasteiger partial charge >= 0.3 is 0 Å². The molecule has 1 nitrogen and oxygen atoms in total. The molecule has 0 fully saturated rings. The van der Waals surface area contributed by atoms with E-state index in [1.807, 2.05) is 0 Å². The summed E-state index contributed by atoms with van der Waals surface area (Å²) in [5.41, 5.74) is 1.31. The average Bonchev–Trinajstić information content (AvgIpc) is 1.69. The summed E-state index contributed by atoms with van der Waals surface area (Å²) in [7, 11) is 0. The van der Waals surface area contributed by atoms with Gasteiger partial charge in [-0.2, -0.15) is 0 Å². The fraction of sp³-hybridized carbons (Fsp3) is 0.500. The van der Waals surface area contributed by atoms with Gasteiger partial charge in [-0.25, -0.2) is 0 Å². The Morgan fingerprint density at radius 3 is 2.86 bits per heavy atom. The van der Waals surface area contributed by atoms with E-state index in [1.165, 1.54) is 5.70 Å². The van der Waals surface area contributed by atoms with Crippen molar-refractivity contribution in [1.82, 2.24) is 5.32 Å². The molecule has 0 saturated heterocycles. The van der Waals surface area contributed by atoms with Crippen LogP contribution < -0.4 is 5.32 Å². The van der Waals surface area contributed by atoms with E-state index in [2.05, 4.69) is 24.7 Å². The van der Waals surface area contributed by atoms with Gasteiger partial charge in [0.25, 0.3) is 0 Å². The van der Waals surface area contributed by atoms with E-state index in [0.717, 1.165) is 13.0 Å². The van der Waals surface area contributed by atoms with Crippen molar-refractivity contribution in [3.05, 3.63) is 18.2 Å². The summed E-state index contributed by atoms with van der Waals surface area (Å²) in [6.45, 7) is 3.13. The zero-order valence-corrected chi connectivity index (χ0v) is 4.57. The van der Waals surface area contributed by atoms with Gasteiger partial charge in [0.1, 0.15) is 0 Å². The van der Waals surface area contributed by atoms with E-state index in [4.69, 9.17) is 0 Å². The lowest BCUT2D eigenvalue weighted by Gasteiger charge is -2.09. The molecule has 0 aliphatic carbocycles. The minimum atomic E-state index is 1.04. The molecule has 0 aromatic heterocycles. The number of allylic oxidation sites excluding steroid dienone is 2. The van der Waals surface area contributed by atoms with Crippen molar-refractivity contribution in [3.8, 4) is 0 Å². The van der Waals surface area contributed by atoms with E-state index in [9.17, 15) is 0 Å². The first-order valence-corrected chi connectivity index (χ1v) is 2.62. The Balaban J connectivity index is 2.40. The lowest BCUT2D eigenvalue weighted by molar-refractivity contribution is 0.803. The maximum atomic E-state index is 3.19. The van der Waals surface area contributed by atoms with Crippen molar-refractivity contribution >= 4 is 0 Å².